The van der Waals surface area contributed by atoms with E-state index in [2.05, 4.69) is 38.2 Å². The van der Waals surface area contributed by atoms with E-state index >= 15 is 0 Å². The van der Waals surface area contributed by atoms with Gasteiger partial charge in [-0.3, -0.25) is 0 Å². The van der Waals surface area contributed by atoms with Gasteiger partial charge in [0.15, 0.2) is 6.23 Å². The number of nitrogens with zero attached hydrogens (tertiary/aromatic N) is 1. The minimum Gasteiger partial charge on any atom is -0.471 e. The molecule has 1 saturated heterocycles. The predicted octanol–water partition coefficient (Wildman–Crippen LogP) is 4.51. The van der Waals surface area contributed by atoms with Crippen molar-refractivity contribution in [2.45, 2.75) is 71.6 Å². The minimum atomic E-state index is -0.341. The number of carbonyl (C=O) groups is 1. The summed E-state index contributed by atoms with van der Waals surface area (Å²) in [5.74, 6) is 1.29. The summed E-state index contributed by atoms with van der Waals surface area (Å²) >= 11 is 0. The van der Waals surface area contributed by atoms with E-state index in [1.54, 1.807) is 0 Å². The van der Waals surface area contributed by atoms with Crippen LogP contribution in [-0.4, -0.2) is 29.7 Å². The molecule has 1 aliphatic heterocycles. The number of urea groups is 1. The third-order valence-electron chi connectivity index (χ3n) is 4.55. The molecule has 2 amide bonds. The zero-order chi connectivity index (χ0) is 16.8. The third-order valence-corrected chi connectivity index (χ3v) is 4.55. The van der Waals surface area contributed by atoms with Crippen LogP contribution in [0, 0.1) is 0 Å². The third kappa shape index (κ3) is 4.88. The number of carbonyl (C=O) groups excluding carboxylic acids is 1. The van der Waals surface area contributed by atoms with Crippen molar-refractivity contribution < 1.29 is 9.53 Å². The lowest BCUT2D eigenvalue weighted by Crippen LogP contribution is -2.51. The Bertz CT molecular complexity index is 499. The molecule has 128 valence electrons. The van der Waals surface area contributed by atoms with Gasteiger partial charge in [-0.15, -0.1) is 0 Å². The van der Waals surface area contributed by atoms with E-state index < -0.39 is 0 Å². The Morgan fingerprint density at radius 2 is 1.96 bits per heavy atom. The Labute approximate surface area is 140 Å². The molecule has 1 N–H and O–H groups in total. The monoisotopic (exact) mass is 318 g/mol. The fraction of sp³-hybridized carbons (Fsp3) is 0.632. The van der Waals surface area contributed by atoms with Crippen LogP contribution in [0.2, 0.25) is 0 Å². The molecule has 1 heterocycles. The molecular weight excluding hydrogens is 288 g/mol. The lowest BCUT2D eigenvalue weighted by molar-refractivity contribution is 0.123. The average molecular weight is 318 g/mol. The Balaban J connectivity index is 1.88. The number of amides is 2. The van der Waals surface area contributed by atoms with Crippen LogP contribution in [0.25, 0.3) is 0 Å². The largest absolute Gasteiger partial charge is 0.471 e. The summed E-state index contributed by atoms with van der Waals surface area (Å²) in [6.45, 7) is 9.20. The van der Waals surface area contributed by atoms with Gasteiger partial charge < -0.3 is 15.0 Å². The van der Waals surface area contributed by atoms with Gasteiger partial charge in [-0.2, -0.15) is 0 Å². The molecule has 4 nitrogen and oxygen atoms in total. The van der Waals surface area contributed by atoms with Crippen LogP contribution in [0.15, 0.2) is 24.3 Å². The topological polar surface area (TPSA) is 41.6 Å². The summed E-state index contributed by atoms with van der Waals surface area (Å²) in [5, 5.41) is 2.96. The Hall–Kier alpha value is -1.71. The molecule has 2 atom stereocenters. The number of rotatable bonds is 5. The van der Waals surface area contributed by atoms with Crippen molar-refractivity contribution in [2.75, 3.05) is 6.54 Å². The van der Waals surface area contributed by atoms with Crippen LogP contribution in [0.5, 0.6) is 5.75 Å². The number of nitrogens with one attached hydrogen (secondary N) is 1. The van der Waals surface area contributed by atoms with Gasteiger partial charge in [-0.25, -0.2) is 4.79 Å². The second kappa shape index (κ2) is 8.23. The number of likely N-dealkylation sites (tertiary alicyclic amines) is 1. The van der Waals surface area contributed by atoms with Crippen molar-refractivity contribution in [3.63, 3.8) is 0 Å². The fourth-order valence-electron chi connectivity index (χ4n) is 3.11. The molecule has 23 heavy (non-hydrogen) atoms. The van der Waals surface area contributed by atoms with E-state index in [4.69, 9.17) is 4.74 Å². The molecule has 1 aliphatic rings. The van der Waals surface area contributed by atoms with Crippen molar-refractivity contribution in [1.29, 1.82) is 0 Å². The molecule has 0 bridgehead atoms. The highest BCUT2D eigenvalue weighted by atomic mass is 16.5. The maximum Gasteiger partial charge on any atom is 0.320 e. The van der Waals surface area contributed by atoms with Gasteiger partial charge in [-0.1, -0.05) is 32.9 Å². The molecule has 0 spiro atoms. The first kappa shape index (κ1) is 17.6. The highest BCUT2D eigenvalue weighted by Gasteiger charge is 2.26. The first-order chi connectivity index (χ1) is 11.0. The quantitative estimate of drug-likeness (QED) is 0.812. The Morgan fingerprint density at radius 1 is 1.26 bits per heavy atom. The van der Waals surface area contributed by atoms with Gasteiger partial charge in [0, 0.05) is 12.6 Å². The molecular formula is C19H30N2O2. The van der Waals surface area contributed by atoms with Crippen LogP contribution in [0.3, 0.4) is 0 Å². The average Bonchev–Trinajstić information content (AvgIpc) is 2.55. The molecule has 1 aromatic carbocycles. The first-order valence-corrected chi connectivity index (χ1v) is 8.85. The Morgan fingerprint density at radius 3 is 2.57 bits per heavy atom. The summed E-state index contributed by atoms with van der Waals surface area (Å²) in [5.41, 5.74) is 1.29. The molecule has 0 aliphatic carbocycles. The van der Waals surface area contributed by atoms with Crippen molar-refractivity contribution in [3.8, 4) is 5.75 Å². The lowest BCUT2D eigenvalue weighted by atomic mass is 10.0. The molecule has 1 fully saturated rings. The van der Waals surface area contributed by atoms with E-state index in [9.17, 15) is 4.79 Å². The van der Waals surface area contributed by atoms with E-state index in [0.717, 1.165) is 31.6 Å². The highest BCUT2D eigenvalue weighted by molar-refractivity contribution is 5.74. The first-order valence-electron chi connectivity index (χ1n) is 8.85. The van der Waals surface area contributed by atoms with Crippen LogP contribution in [0.4, 0.5) is 4.79 Å². The fourth-order valence-corrected chi connectivity index (χ4v) is 3.11. The lowest BCUT2D eigenvalue weighted by Gasteiger charge is -2.35. The second-order valence-corrected chi connectivity index (χ2v) is 6.68. The summed E-state index contributed by atoms with van der Waals surface area (Å²) in [7, 11) is 0. The van der Waals surface area contributed by atoms with Crippen LogP contribution < -0.4 is 10.1 Å². The zero-order valence-electron chi connectivity index (χ0n) is 14.8. The number of piperidine rings is 1. The van der Waals surface area contributed by atoms with Gasteiger partial charge >= 0.3 is 6.03 Å². The molecule has 2 rings (SSSR count). The van der Waals surface area contributed by atoms with E-state index in [1.807, 2.05) is 24.0 Å². The van der Waals surface area contributed by atoms with E-state index in [1.165, 1.54) is 12.0 Å². The SMILES string of the molecule is CCC1CCCCN1C(=O)NC(C)Oc1ccc(C(C)C)cc1. The Kier molecular flexibility index (Phi) is 6.31. The predicted molar refractivity (Wildman–Crippen MR) is 93.8 cm³/mol. The van der Waals surface area contributed by atoms with Crippen LogP contribution in [-0.2, 0) is 0 Å². The van der Waals surface area contributed by atoms with E-state index in [0.29, 0.717) is 12.0 Å². The summed E-state index contributed by atoms with van der Waals surface area (Å²) in [6, 6.07) is 8.43. The maximum atomic E-state index is 12.4. The second-order valence-electron chi connectivity index (χ2n) is 6.68. The van der Waals surface area contributed by atoms with E-state index in [-0.39, 0.29) is 12.3 Å². The summed E-state index contributed by atoms with van der Waals surface area (Å²) in [6.07, 6.45) is 4.09. The van der Waals surface area contributed by atoms with Crippen LogP contribution in [0.1, 0.15) is 64.9 Å². The normalized spacial score (nSPS) is 19.5. The maximum absolute atomic E-state index is 12.4. The molecule has 0 radical (unpaired) electrons. The molecule has 0 saturated carbocycles. The van der Waals surface area contributed by atoms with Gasteiger partial charge in [0.05, 0.1) is 0 Å². The molecule has 2 unspecified atom stereocenters. The molecule has 4 heteroatoms. The van der Waals surface area contributed by atoms with Crippen molar-refractivity contribution >= 4 is 6.03 Å². The van der Waals surface area contributed by atoms with Gasteiger partial charge in [0.1, 0.15) is 5.75 Å². The van der Waals surface area contributed by atoms with Gasteiger partial charge in [-0.05, 0) is 56.2 Å². The highest BCUT2D eigenvalue weighted by Crippen LogP contribution is 2.21. The summed E-state index contributed by atoms with van der Waals surface area (Å²) < 4.78 is 5.82. The minimum absolute atomic E-state index is 0.0112. The van der Waals surface area contributed by atoms with Crippen molar-refractivity contribution in [2.24, 2.45) is 0 Å². The van der Waals surface area contributed by atoms with Gasteiger partial charge in [0.2, 0.25) is 0 Å². The zero-order valence-corrected chi connectivity index (χ0v) is 14.8. The molecule has 1 aromatic rings. The smallest absolute Gasteiger partial charge is 0.320 e. The van der Waals surface area contributed by atoms with Crippen molar-refractivity contribution in [3.05, 3.63) is 29.8 Å². The number of hydrogen-bond acceptors (Lipinski definition) is 2. The van der Waals surface area contributed by atoms with Crippen molar-refractivity contribution in [1.82, 2.24) is 10.2 Å². The number of ether oxygens (including phenoxy) is 1. The van der Waals surface area contributed by atoms with Gasteiger partial charge in [0.25, 0.3) is 0 Å². The standard InChI is InChI=1S/C19H30N2O2/c1-5-17-8-6-7-13-21(17)19(22)20-15(4)23-18-11-9-16(10-12-18)14(2)3/h9-12,14-15,17H,5-8,13H2,1-4H3,(H,20,22). The number of hydrogen-bond donors (Lipinski definition) is 1. The molecule has 0 aromatic heterocycles. The number of benzene rings is 1. The summed E-state index contributed by atoms with van der Waals surface area (Å²) in [4.78, 5) is 14.4. The van der Waals surface area contributed by atoms with Crippen LogP contribution >= 0.6 is 0 Å².